The number of unbranched alkanes of at least 4 members (excludes halogenated alkanes) is 1. The number of amides is 1. The van der Waals surface area contributed by atoms with Crippen molar-refractivity contribution in [1.82, 2.24) is 10.0 Å². The predicted octanol–water partition coefficient (Wildman–Crippen LogP) is 9.13. The number of nitrogens with zero attached hydrogens (tertiary/aromatic N) is 1. The van der Waals surface area contributed by atoms with E-state index in [1.165, 1.54) is 62.3 Å². The topological polar surface area (TPSA) is 460 Å². The van der Waals surface area contributed by atoms with E-state index in [-0.39, 0.29) is 72.5 Å². The molecule has 0 bridgehead atoms. The molecule has 2 aromatic rings. The van der Waals surface area contributed by atoms with Gasteiger partial charge in [0.2, 0.25) is 0 Å². The number of aliphatic hydroxyl groups excluding tert-OH is 1. The first-order chi connectivity index (χ1) is 43.3. The van der Waals surface area contributed by atoms with Crippen LogP contribution < -0.4 is 50.0 Å². The summed E-state index contributed by atoms with van der Waals surface area (Å²) in [5.41, 5.74) is 10.1. The Morgan fingerprint density at radius 3 is 1.24 bits per heavy atom. The zero-order valence-corrected chi connectivity index (χ0v) is 72.1. The number of hydrogen-bond donors (Lipinski definition) is 10. The summed E-state index contributed by atoms with van der Waals surface area (Å²) in [5, 5.41) is 14.5. The number of hydrogen-bond acceptors (Lipinski definition) is 21. The van der Waals surface area contributed by atoms with Crippen LogP contribution in [0.5, 0.6) is 5.75 Å². The van der Waals surface area contributed by atoms with Crippen LogP contribution in [-0.4, -0.2) is 171 Å². The van der Waals surface area contributed by atoms with Crippen LogP contribution in [0.4, 0.5) is 4.79 Å². The van der Waals surface area contributed by atoms with Gasteiger partial charge in [0.25, 0.3) is 0 Å². The quantitative estimate of drug-likeness (QED) is 0.0145. The third-order valence-corrected chi connectivity index (χ3v) is 22.9. The second-order valence-electron chi connectivity index (χ2n) is 26.7. The van der Waals surface area contributed by atoms with E-state index < -0.39 is 122 Å². The second kappa shape index (κ2) is 55.1. The molecule has 0 aliphatic rings. The Bertz CT molecular complexity index is 2810. The molecule has 1 amide bonds. The molecule has 0 fully saturated rings. The van der Waals surface area contributed by atoms with Crippen LogP contribution in [0.3, 0.4) is 0 Å². The number of halogens is 1. The third kappa shape index (κ3) is 77.5. The maximum absolute atomic E-state index is 13.0. The average molecular weight is 1590 g/mol. The molecule has 0 aromatic heterocycles. The average Bonchev–Trinajstić information content (AvgIpc) is 0.843. The maximum Gasteiger partial charge on any atom is 1.00 e. The van der Waals surface area contributed by atoms with E-state index in [0.29, 0.717) is 5.75 Å². The van der Waals surface area contributed by atoms with E-state index in [1.807, 2.05) is 91.8 Å². The van der Waals surface area contributed by atoms with Crippen molar-refractivity contribution in [2.75, 3.05) is 73.5 Å². The Kier molecular flexibility index (Phi) is 64.5. The van der Waals surface area contributed by atoms with Gasteiger partial charge in [-0.2, -0.15) is 10.8 Å². The molecule has 0 heterocycles. The summed E-state index contributed by atoms with van der Waals surface area (Å²) in [7, 11) is -14.7. The van der Waals surface area contributed by atoms with Crippen LogP contribution in [0, 0.1) is 6.92 Å². The number of benzene rings is 2. The van der Waals surface area contributed by atoms with Crippen LogP contribution in [0.1, 0.15) is 171 Å². The zero-order valence-electron chi connectivity index (χ0n) is 64.3. The van der Waals surface area contributed by atoms with E-state index in [0.717, 1.165) is 24.8 Å². The maximum atomic E-state index is 13.0. The van der Waals surface area contributed by atoms with E-state index in [9.17, 15) is 45.0 Å². The summed E-state index contributed by atoms with van der Waals surface area (Å²) >= 11 is 0. The second-order valence-corrected chi connectivity index (χ2v) is 42.1. The van der Waals surface area contributed by atoms with Crippen molar-refractivity contribution in [3.63, 3.8) is 0 Å². The first-order valence-corrected chi connectivity index (χ1v) is 42.6. The van der Waals surface area contributed by atoms with Gasteiger partial charge in [-0.05, 0) is 163 Å². The number of nitrogens with one attached hydrogen (secondary N) is 2. The standard InChI is InChI=1S/C15H24NO5P.C12H18NO5P.C8H20NO4PS.C7H15NOS.C6H16NO3P.C4H11NOS.C4H9.C3H9O3P.CH4O.ClH.Li/c1-5-19-14(17)12(2)20-22(18,11-15(3,4)16)21-13-9-7-6-8-10-13;1-12(2,9-19(15,16)17)13-11(14)18-8-10-6-4-3-5-7-10;1-7(2,3)15(13)9-8(4,5)6-14(10,11)12;1-6(2)8-10(9)7(3,4)5;1-6(2,7)5-11(8,9-3)10-4;1-4(2,3)7(5)6;1-3-4-2;1-5-7(3,4)6-2;1-2;;/h6-10,12H,5,11,16H2,1-4H3;3-7H,8-9H2,1-2H3,(H,13,14)(H2,15,16,17);9H,6H2,1-5H3,(H2,10,11,12);1-5H3;5,7H2,1-4H3;5H2,1-3H3;1,3-4H2,2H3;1-3H3;2H,1H3;1H;/q;;;;;;-1;;;;+1. The number of esters is 1. The van der Waals surface area contributed by atoms with Gasteiger partial charge in [-0.1, -0.05) is 61.9 Å². The fourth-order valence-electron chi connectivity index (χ4n) is 5.40. The summed E-state index contributed by atoms with van der Waals surface area (Å²) in [4.78, 5) is 58.7. The molecule has 0 radical (unpaired) electrons. The van der Waals surface area contributed by atoms with Crippen molar-refractivity contribution in [2.24, 2.45) is 21.0 Å². The first kappa shape index (κ1) is 116. The van der Waals surface area contributed by atoms with Crippen LogP contribution in [0.15, 0.2) is 65.1 Å². The molecule has 586 valence electrons. The number of nitrogens with two attached hydrogens (primary N) is 3. The molecule has 0 spiro atoms. The summed E-state index contributed by atoms with van der Waals surface area (Å²) < 4.78 is 135. The minimum absolute atomic E-state index is 0. The van der Waals surface area contributed by atoms with E-state index >= 15 is 0 Å². The molecule has 39 heteroatoms. The minimum Gasteiger partial charge on any atom is -0.464 e. The molecule has 5 atom stereocenters. The molecular formula is C60H127ClLiN6O23P5S3. The number of rotatable bonds is 25. The summed E-state index contributed by atoms with van der Waals surface area (Å²) in [6, 6.07) is 17.8. The van der Waals surface area contributed by atoms with Gasteiger partial charge in [0.15, 0.2) is 6.10 Å². The van der Waals surface area contributed by atoms with Crippen LogP contribution in [0.25, 0.3) is 0 Å². The number of alkyl carbamates (subject to hydrolysis) is 1. The SMILES string of the molecule is CC(C)(C)S(N)=O.CC(C)(CP(=O)(O)O)NC(=O)OCc1ccccc1.CC(C)(CP(=O)(O)O)NS(=O)C(C)(C)C.CC(C)=NS(=O)C(C)(C)C.CCOC(=O)C(C)OP(=O)(CC(C)(C)N)Oc1ccccc1.CO.COP(=O)(CC(C)(C)N)OC.COP(C)(=O)OC.Cl.[CH2-]CCC.[Li+]. The van der Waals surface area contributed by atoms with Crippen molar-refractivity contribution in [3.8, 4) is 5.75 Å². The smallest absolute Gasteiger partial charge is 0.464 e. The molecule has 0 aliphatic carbocycles. The Labute approximate surface area is 620 Å². The molecule has 0 saturated heterocycles. The van der Waals surface area contributed by atoms with Crippen LogP contribution in [-0.2, 0) is 99.3 Å². The van der Waals surface area contributed by atoms with Crippen molar-refractivity contribution < 1.29 is 125 Å². The van der Waals surface area contributed by atoms with E-state index in [2.05, 4.69) is 37.3 Å². The van der Waals surface area contributed by atoms with Crippen molar-refractivity contribution in [3.05, 3.63) is 73.2 Å². The van der Waals surface area contributed by atoms with Crippen molar-refractivity contribution >= 4 is 101 Å². The fourth-order valence-corrected chi connectivity index (χ4v) is 13.0. The minimum atomic E-state index is -4.19. The normalized spacial score (nSPS) is 13.6. The number of ether oxygens (including phenoxy) is 2. The van der Waals surface area contributed by atoms with Gasteiger partial charge in [0.1, 0.15) is 23.3 Å². The van der Waals surface area contributed by atoms with E-state index in [1.54, 1.807) is 93.5 Å². The van der Waals surface area contributed by atoms with Crippen LogP contribution in [0.2, 0.25) is 0 Å². The molecule has 0 aliphatic heterocycles. The Balaban J connectivity index is -0.000000138. The largest absolute Gasteiger partial charge is 1.00 e. The van der Waals surface area contributed by atoms with E-state index in [4.69, 9.17) is 68.9 Å². The molecule has 2 aromatic carbocycles. The summed E-state index contributed by atoms with van der Waals surface area (Å²) in [6.07, 6.45) is -0.00684. The molecule has 2 rings (SSSR count). The summed E-state index contributed by atoms with van der Waals surface area (Å²) in [5.74, 6) is -0.194. The Morgan fingerprint density at radius 1 is 0.616 bits per heavy atom. The predicted molar refractivity (Wildman–Crippen MR) is 404 cm³/mol. The Hall–Kier alpha value is -1.42. The van der Waals surface area contributed by atoms with Gasteiger partial charge in [-0.3, -0.25) is 27.9 Å². The molecule has 5 unspecified atom stereocenters. The monoisotopic (exact) mass is 1590 g/mol. The number of para-hydroxylation sites is 1. The van der Waals surface area contributed by atoms with Gasteiger partial charge in [0.05, 0.1) is 67.5 Å². The van der Waals surface area contributed by atoms with Crippen LogP contribution >= 0.6 is 50.4 Å². The van der Waals surface area contributed by atoms with Gasteiger partial charge >= 0.3 is 68.9 Å². The molecule has 29 nitrogen and oxygen atoms in total. The van der Waals surface area contributed by atoms with Gasteiger partial charge in [-0.15, -0.1) is 12.4 Å². The Morgan fingerprint density at radius 2 is 0.980 bits per heavy atom. The zero-order chi connectivity index (χ0) is 78.7. The number of aliphatic hydroxyl groups is 1. The molecule has 0 saturated carbocycles. The molecule has 13 N–H and O–H groups in total. The van der Waals surface area contributed by atoms with Gasteiger partial charge < -0.3 is 80.5 Å². The fraction of sp³-hybridized carbons (Fsp3) is 0.733. The van der Waals surface area contributed by atoms with Gasteiger partial charge in [0, 0.05) is 70.1 Å². The van der Waals surface area contributed by atoms with Crippen molar-refractivity contribution in [1.29, 1.82) is 0 Å². The molecule has 99 heavy (non-hydrogen) atoms. The third-order valence-electron chi connectivity index (χ3n) is 9.87. The molecular weight excluding hydrogens is 1470 g/mol. The first-order valence-electron chi connectivity index (χ1n) is 30.1. The van der Waals surface area contributed by atoms with Gasteiger partial charge in [-0.25, -0.2) is 31.5 Å². The van der Waals surface area contributed by atoms with Crippen molar-refractivity contribution in [2.45, 2.75) is 214 Å². The number of carbonyl (C=O) groups is 2. The summed E-state index contributed by atoms with van der Waals surface area (Å²) in [6.45, 7) is 44.2. The number of carbonyl (C=O) groups excluding carboxylic acids is 2.